The Bertz CT molecular complexity index is 981. The fraction of sp³-hybridized carbons (Fsp3) is 0.208. The monoisotopic (exact) mass is 395 g/mol. The Morgan fingerprint density at radius 2 is 1.69 bits per heavy atom. The van der Waals surface area contributed by atoms with E-state index >= 15 is 0 Å². The second-order valence-electron chi connectivity index (χ2n) is 6.99. The number of aromatic nitrogens is 1. The normalized spacial score (nSPS) is 12.4. The Morgan fingerprint density at radius 1 is 0.966 bits per heavy atom. The van der Waals surface area contributed by atoms with Gasteiger partial charge in [-0.05, 0) is 56.5 Å². The van der Waals surface area contributed by atoms with Gasteiger partial charge in [0.2, 0.25) is 0 Å². The number of phenolic OH excluding ortho intramolecular Hbond substituents is 1. The highest BCUT2D eigenvalue weighted by molar-refractivity contribution is 5.69. The summed E-state index contributed by atoms with van der Waals surface area (Å²) in [5, 5.41) is 18.6. The van der Waals surface area contributed by atoms with Crippen molar-refractivity contribution in [2.45, 2.75) is 32.3 Å². The van der Waals surface area contributed by atoms with E-state index < -0.39 is 11.6 Å². The fourth-order valence-corrected chi connectivity index (χ4v) is 3.01. The van der Waals surface area contributed by atoms with Crippen molar-refractivity contribution in [3.8, 4) is 28.1 Å². The number of hydrogen-bond donors (Lipinski definition) is 2. The van der Waals surface area contributed by atoms with Gasteiger partial charge in [0.25, 0.3) is 0 Å². The van der Waals surface area contributed by atoms with Crippen molar-refractivity contribution >= 4 is 6.08 Å². The molecule has 1 heterocycles. The van der Waals surface area contributed by atoms with E-state index in [-0.39, 0.29) is 23.0 Å². The summed E-state index contributed by atoms with van der Waals surface area (Å²) in [7, 11) is 0. The molecule has 29 heavy (non-hydrogen) atoms. The third-order valence-corrected chi connectivity index (χ3v) is 4.64. The molecule has 150 valence electrons. The van der Waals surface area contributed by atoms with Crippen LogP contribution >= 0.6 is 0 Å². The summed E-state index contributed by atoms with van der Waals surface area (Å²) in [5.41, 5.74) is 2.32. The molecule has 0 saturated carbocycles. The smallest absolute Gasteiger partial charge is 0.167 e. The zero-order valence-electron chi connectivity index (χ0n) is 16.1. The van der Waals surface area contributed by atoms with Crippen molar-refractivity contribution in [2.75, 3.05) is 0 Å². The van der Waals surface area contributed by atoms with Crippen LogP contribution in [0.5, 0.6) is 5.75 Å². The highest BCUT2D eigenvalue weighted by Crippen LogP contribution is 2.28. The van der Waals surface area contributed by atoms with Crippen molar-refractivity contribution in [1.82, 2.24) is 4.98 Å². The Hall–Kier alpha value is -3.05. The van der Waals surface area contributed by atoms with E-state index in [1.165, 1.54) is 6.20 Å². The largest absolute Gasteiger partial charge is 0.508 e. The maximum absolute atomic E-state index is 14.6. The summed E-state index contributed by atoms with van der Waals surface area (Å²) in [6.07, 6.45) is 6.65. The second kappa shape index (κ2) is 9.43. The van der Waals surface area contributed by atoms with Crippen LogP contribution in [0.2, 0.25) is 0 Å². The van der Waals surface area contributed by atoms with Crippen LogP contribution in [0.25, 0.3) is 28.5 Å². The third kappa shape index (κ3) is 5.27. The van der Waals surface area contributed by atoms with Gasteiger partial charge in [0.1, 0.15) is 5.75 Å². The van der Waals surface area contributed by atoms with Crippen molar-refractivity contribution in [3.05, 3.63) is 78.0 Å². The van der Waals surface area contributed by atoms with Crippen molar-refractivity contribution in [2.24, 2.45) is 0 Å². The van der Waals surface area contributed by atoms with Crippen molar-refractivity contribution in [1.29, 1.82) is 0 Å². The zero-order valence-corrected chi connectivity index (χ0v) is 16.1. The molecule has 3 aromatic rings. The molecular formula is C24H23F2NO2. The lowest BCUT2D eigenvalue weighted by Crippen LogP contribution is -1.97. The van der Waals surface area contributed by atoms with Gasteiger partial charge in [-0.2, -0.15) is 0 Å². The molecule has 3 nitrogen and oxygen atoms in total. The molecule has 0 aliphatic heterocycles. The molecule has 0 fully saturated rings. The van der Waals surface area contributed by atoms with E-state index in [1.807, 2.05) is 0 Å². The van der Waals surface area contributed by atoms with Gasteiger partial charge in [0, 0.05) is 28.5 Å². The number of unbranched alkanes of at least 4 members (excludes halogenated alkanes) is 1. The van der Waals surface area contributed by atoms with E-state index in [0.29, 0.717) is 24.1 Å². The molecule has 1 atom stereocenters. The molecule has 0 radical (unpaired) electrons. The van der Waals surface area contributed by atoms with Gasteiger partial charge < -0.3 is 10.2 Å². The number of phenols is 1. The third-order valence-electron chi connectivity index (χ3n) is 4.64. The molecule has 0 amide bonds. The van der Waals surface area contributed by atoms with Gasteiger partial charge in [-0.25, -0.2) is 8.78 Å². The highest BCUT2D eigenvalue weighted by atomic mass is 19.2. The summed E-state index contributed by atoms with van der Waals surface area (Å²) < 4.78 is 29.1. The Balaban J connectivity index is 1.76. The molecule has 3 rings (SSSR count). The lowest BCUT2D eigenvalue weighted by atomic mass is 10.0. The minimum Gasteiger partial charge on any atom is -0.508 e. The van der Waals surface area contributed by atoms with Crippen LogP contribution in [-0.4, -0.2) is 21.3 Å². The first kappa shape index (κ1) is 20.7. The molecule has 0 aliphatic rings. The summed E-state index contributed by atoms with van der Waals surface area (Å²) >= 11 is 0. The van der Waals surface area contributed by atoms with Gasteiger partial charge in [-0.1, -0.05) is 30.4 Å². The number of halogens is 2. The number of aliphatic hydroxyl groups excluding tert-OH is 1. The minimum absolute atomic E-state index is 0.151. The molecule has 2 aromatic carbocycles. The minimum atomic E-state index is -0.907. The second-order valence-corrected chi connectivity index (χ2v) is 6.99. The van der Waals surface area contributed by atoms with Gasteiger partial charge in [-0.3, -0.25) is 4.98 Å². The zero-order chi connectivity index (χ0) is 20.8. The van der Waals surface area contributed by atoms with Gasteiger partial charge in [0.05, 0.1) is 11.8 Å². The molecule has 1 unspecified atom stereocenters. The maximum Gasteiger partial charge on any atom is 0.167 e. The predicted octanol–water partition coefficient (Wildman–Crippen LogP) is 5.96. The number of allylic oxidation sites excluding steroid dienone is 1. The van der Waals surface area contributed by atoms with E-state index in [4.69, 9.17) is 0 Å². The van der Waals surface area contributed by atoms with Crippen LogP contribution in [-0.2, 0) is 0 Å². The first-order valence-electron chi connectivity index (χ1n) is 9.54. The first-order chi connectivity index (χ1) is 14.0. The predicted molar refractivity (Wildman–Crippen MR) is 111 cm³/mol. The van der Waals surface area contributed by atoms with Crippen LogP contribution in [0, 0.1) is 11.6 Å². The molecular weight excluding hydrogens is 372 g/mol. The topological polar surface area (TPSA) is 53.4 Å². The Labute approximate surface area is 169 Å². The number of rotatable bonds is 7. The number of benzene rings is 2. The quantitative estimate of drug-likeness (QED) is 0.485. The number of hydrogen-bond acceptors (Lipinski definition) is 3. The van der Waals surface area contributed by atoms with Crippen molar-refractivity contribution in [3.63, 3.8) is 0 Å². The lowest BCUT2D eigenvalue weighted by molar-refractivity contribution is 0.182. The lowest BCUT2D eigenvalue weighted by Gasteiger charge is -2.08. The van der Waals surface area contributed by atoms with Gasteiger partial charge >= 0.3 is 0 Å². The molecule has 0 spiro atoms. The highest BCUT2D eigenvalue weighted by Gasteiger charge is 2.14. The van der Waals surface area contributed by atoms with Gasteiger partial charge in [0.15, 0.2) is 11.6 Å². The number of aromatic hydroxyl groups is 1. The molecule has 0 aliphatic carbocycles. The van der Waals surface area contributed by atoms with Crippen LogP contribution < -0.4 is 0 Å². The fourth-order valence-electron chi connectivity index (χ4n) is 3.01. The van der Waals surface area contributed by atoms with Crippen molar-refractivity contribution < 1.29 is 19.0 Å². The SMILES string of the molecule is CC(O)CCCC=Cc1ccc(-c2ccc(-c3ccc(O)cc3)nc2)c(F)c1F. The number of pyridine rings is 1. The van der Waals surface area contributed by atoms with E-state index in [0.717, 1.165) is 12.0 Å². The molecule has 5 heteroatoms. The Morgan fingerprint density at radius 3 is 2.34 bits per heavy atom. The van der Waals surface area contributed by atoms with E-state index in [1.54, 1.807) is 67.6 Å². The van der Waals surface area contributed by atoms with Crippen LogP contribution in [0.1, 0.15) is 31.7 Å². The standard InChI is InChI=1S/C24H23F2NO2/c1-16(28)5-3-2-4-6-18-9-13-21(24(26)23(18)25)19-10-14-22(27-15-19)17-7-11-20(29)12-8-17/h4,6-16,28-29H,2-3,5H2,1H3. The maximum atomic E-state index is 14.6. The summed E-state index contributed by atoms with van der Waals surface area (Å²) in [4.78, 5) is 4.33. The first-order valence-corrected chi connectivity index (χ1v) is 9.54. The number of aliphatic hydroxyl groups is 1. The molecule has 1 aromatic heterocycles. The summed E-state index contributed by atoms with van der Waals surface area (Å²) in [5.74, 6) is -1.63. The van der Waals surface area contributed by atoms with E-state index in [9.17, 15) is 19.0 Å². The number of nitrogens with zero attached hydrogens (tertiary/aromatic N) is 1. The van der Waals surface area contributed by atoms with Crippen LogP contribution in [0.3, 0.4) is 0 Å². The molecule has 0 bridgehead atoms. The summed E-state index contributed by atoms with van der Waals surface area (Å²) in [6, 6.07) is 13.1. The van der Waals surface area contributed by atoms with Crippen LogP contribution in [0.15, 0.2) is 60.8 Å². The average molecular weight is 395 g/mol. The molecule has 0 saturated heterocycles. The van der Waals surface area contributed by atoms with Gasteiger partial charge in [-0.15, -0.1) is 0 Å². The summed E-state index contributed by atoms with van der Waals surface area (Å²) in [6.45, 7) is 1.73. The van der Waals surface area contributed by atoms with Crippen LogP contribution in [0.4, 0.5) is 8.78 Å². The Kier molecular flexibility index (Phi) is 6.73. The average Bonchev–Trinajstić information content (AvgIpc) is 2.71. The van der Waals surface area contributed by atoms with E-state index in [2.05, 4.69) is 4.98 Å². The molecule has 2 N–H and O–H groups in total.